The monoisotopic (exact) mass is 484 g/mol. The van der Waals surface area contributed by atoms with E-state index < -0.39 is 35.3 Å². The average Bonchev–Trinajstić information content (AvgIpc) is 3.28. The summed E-state index contributed by atoms with van der Waals surface area (Å²) in [6, 6.07) is 29.9. The summed E-state index contributed by atoms with van der Waals surface area (Å²) in [7, 11) is 0. The number of H-pyrrole nitrogens is 1. The smallest absolute Gasteiger partial charge is 0.330 e. The second-order valence-corrected chi connectivity index (χ2v) is 9.00. The van der Waals surface area contributed by atoms with Gasteiger partial charge in [-0.2, -0.15) is 0 Å². The molecule has 0 spiro atoms. The number of aromatic amines is 1. The molecule has 2 N–H and O–H groups in total. The van der Waals surface area contributed by atoms with Crippen LogP contribution in [0.2, 0.25) is 0 Å². The van der Waals surface area contributed by atoms with Gasteiger partial charge in [-0.05, 0) is 23.6 Å². The summed E-state index contributed by atoms with van der Waals surface area (Å²) in [4.78, 5) is 26.4. The molecule has 5 rings (SSSR count). The number of hydrogen-bond donors (Lipinski definition) is 2. The van der Waals surface area contributed by atoms with Gasteiger partial charge in [-0.25, -0.2) is 4.79 Å². The van der Waals surface area contributed by atoms with Crippen molar-refractivity contribution in [1.82, 2.24) is 9.55 Å². The molecule has 1 saturated heterocycles. The van der Waals surface area contributed by atoms with Crippen LogP contribution in [0, 0.1) is 6.92 Å². The molecular weight excluding hydrogens is 456 g/mol. The predicted molar refractivity (Wildman–Crippen MR) is 136 cm³/mol. The predicted octanol–water partition coefficient (Wildman–Crippen LogP) is 3.50. The van der Waals surface area contributed by atoms with Crippen molar-refractivity contribution in [3.05, 3.63) is 140 Å². The van der Waals surface area contributed by atoms with Crippen molar-refractivity contribution < 1.29 is 14.6 Å². The van der Waals surface area contributed by atoms with Gasteiger partial charge in [0.25, 0.3) is 5.56 Å². The minimum Gasteiger partial charge on any atom is -0.390 e. The third-order valence-corrected chi connectivity index (χ3v) is 6.67. The zero-order chi connectivity index (χ0) is 25.1. The number of hydrogen-bond acceptors (Lipinski definition) is 5. The van der Waals surface area contributed by atoms with Crippen molar-refractivity contribution in [2.24, 2.45) is 0 Å². The van der Waals surface area contributed by atoms with E-state index in [-0.39, 0.29) is 13.0 Å². The van der Waals surface area contributed by atoms with Gasteiger partial charge in [0.15, 0.2) is 0 Å². The highest BCUT2D eigenvalue weighted by Gasteiger charge is 2.41. The lowest BCUT2D eigenvalue weighted by Gasteiger charge is -2.37. The number of rotatable bonds is 7. The first kappa shape index (κ1) is 23.9. The van der Waals surface area contributed by atoms with Gasteiger partial charge in [0.05, 0.1) is 12.7 Å². The van der Waals surface area contributed by atoms with Gasteiger partial charge >= 0.3 is 5.69 Å². The van der Waals surface area contributed by atoms with Crippen LogP contribution in [0.25, 0.3) is 0 Å². The van der Waals surface area contributed by atoms with Gasteiger partial charge in [-0.3, -0.25) is 14.3 Å². The maximum Gasteiger partial charge on any atom is 0.330 e. The van der Waals surface area contributed by atoms with Crippen LogP contribution in [0.4, 0.5) is 0 Å². The third kappa shape index (κ3) is 4.44. The van der Waals surface area contributed by atoms with Crippen LogP contribution in [0.15, 0.2) is 107 Å². The Bertz CT molecular complexity index is 1320. The standard InChI is InChI=1S/C29H28N2O5/c1-20-18-31(28(34)30-27(20)33)26-17-24(32)25(36-26)19-35-29(21-11-5-2-6-12-21,22-13-7-3-8-14-22)23-15-9-4-10-16-23/h2-16,18,24-26,32H,17,19H2,1H3,(H,30,33,34)/t24-,25-,26-/m0/s1. The molecule has 184 valence electrons. The Morgan fingerprint density at radius 3 is 1.92 bits per heavy atom. The third-order valence-electron chi connectivity index (χ3n) is 6.67. The minimum absolute atomic E-state index is 0.0768. The van der Waals surface area contributed by atoms with Crippen molar-refractivity contribution in [2.75, 3.05) is 6.61 Å². The SMILES string of the molecule is Cc1cn([C@@H]2C[C@H](O)[C@H](COC(c3ccccc3)(c3ccccc3)c3ccccc3)O2)c(=O)[nH]c1=O. The molecule has 0 amide bonds. The van der Waals surface area contributed by atoms with E-state index in [4.69, 9.17) is 9.47 Å². The zero-order valence-electron chi connectivity index (χ0n) is 19.9. The summed E-state index contributed by atoms with van der Waals surface area (Å²) in [6.07, 6.45) is -0.576. The number of nitrogens with one attached hydrogen (secondary N) is 1. The molecule has 0 unspecified atom stereocenters. The number of nitrogens with zero attached hydrogens (tertiary/aromatic N) is 1. The van der Waals surface area contributed by atoms with E-state index >= 15 is 0 Å². The molecule has 0 radical (unpaired) electrons. The van der Waals surface area contributed by atoms with E-state index in [2.05, 4.69) is 4.98 Å². The molecule has 7 nitrogen and oxygen atoms in total. The first-order valence-corrected chi connectivity index (χ1v) is 11.9. The van der Waals surface area contributed by atoms with Crippen LogP contribution in [0.3, 0.4) is 0 Å². The van der Waals surface area contributed by atoms with E-state index in [1.807, 2.05) is 91.0 Å². The Morgan fingerprint density at radius 2 is 1.42 bits per heavy atom. The van der Waals surface area contributed by atoms with Crippen LogP contribution in [-0.2, 0) is 15.1 Å². The number of aryl methyl sites for hydroxylation is 1. The normalized spacial score (nSPS) is 19.9. The van der Waals surface area contributed by atoms with Crippen LogP contribution in [0.5, 0.6) is 0 Å². The molecule has 4 aromatic rings. The summed E-state index contributed by atoms with van der Waals surface area (Å²) >= 11 is 0. The molecule has 3 aromatic carbocycles. The Kier molecular flexibility index (Phi) is 6.69. The van der Waals surface area contributed by atoms with Gasteiger partial charge in [0.1, 0.15) is 17.9 Å². The molecule has 1 aromatic heterocycles. The average molecular weight is 485 g/mol. The molecule has 36 heavy (non-hydrogen) atoms. The second-order valence-electron chi connectivity index (χ2n) is 9.00. The molecule has 7 heteroatoms. The Balaban J connectivity index is 1.50. The minimum atomic E-state index is -0.948. The molecule has 0 saturated carbocycles. The van der Waals surface area contributed by atoms with E-state index in [0.717, 1.165) is 16.7 Å². The highest BCUT2D eigenvalue weighted by molar-refractivity contribution is 5.47. The topological polar surface area (TPSA) is 93.6 Å². The first-order chi connectivity index (χ1) is 17.5. The molecule has 1 aliphatic heterocycles. The quantitative estimate of drug-likeness (QED) is 0.392. The molecule has 1 fully saturated rings. The van der Waals surface area contributed by atoms with Gasteiger partial charge in [-0.1, -0.05) is 91.0 Å². The lowest BCUT2D eigenvalue weighted by molar-refractivity contribution is -0.0944. The fourth-order valence-electron chi connectivity index (χ4n) is 4.81. The van der Waals surface area contributed by atoms with E-state index in [1.165, 1.54) is 10.8 Å². The van der Waals surface area contributed by atoms with Crippen molar-refractivity contribution in [2.45, 2.75) is 37.4 Å². The van der Waals surface area contributed by atoms with Gasteiger partial charge in [0.2, 0.25) is 0 Å². The Morgan fingerprint density at radius 1 is 0.917 bits per heavy atom. The summed E-state index contributed by atoms with van der Waals surface area (Å²) < 4.78 is 14.2. The number of benzene rings is 3. The summed E-state index contributed by atoms with van der Waals surface area (Å²) in [6.45, 7) is 1.70. The lowest BCUT2D eigenvalue weighted by atomic mass is 9.80. The van der Waals surface area contributed by atoms with Crippen molar-refractivity contribution >= 4 is 0 Å². The zero-order valence-corrected chi connectivity index (χ0v) is 19.9. The second kappa shape index (κ2) is 10.1. The van der Waals surface area contributed by atoms with E-state index in [1.54, 1.807) is 6.92 Å². The first-order valence-electron chi connectivity index (χ1n) is 11.9. The number of aliphatic hydroxyl groups excluding tert-OH is 1. The Hall–Kier alpha value is -3.78. The fourth-order valence-corrected chi connectivity index (χ4v) is 4.81. The van der Waals surface area contributed by atoms with Crippen LogP contribution in [0.1, 0.15) is 34.9 Å². The van der Waals surface area contributed by atoms with Crippen molar-refractivity contribution in [3.8, 4) is 0 Å². The number of ether oxygens (including phenoxy) is 2. The molecule has 1 aliphatic rings. The molecular formula is C29H28N2O5. The van der Waals surface area contributed by atoms with Gasteiger partial charge in [-0.15, -0.1) is 0 Å². The fraction of sp³-hybridized carbons (Fsp3) is 0.241. The van der Waals surface area contributed by atoms with Crippen molar-refractivity contribution in [1.29, 1.82) is 0 Å². The van der Waals surface area contributed by atoms with Crippen LogP contribution in [-0.4, -0.2) is 33.5 Å². The van der Waals surface area contributed by atoms with Crippen LogP contribution >= 0.6 is 0 Å². The van der Waals surface area contributed by atoms with E-state index in [9.17, 15) is 14.7 Å². The summed E-state index contributed by atoms with van der Waals surface area (Å²) in [5.74, 6) is 0. The maximum absolute atomic E-state index is 12.4. The van der Waals surface area contributed by atoms with E-state index in [0.29, 0.717) is 5.56 Å². The molecule has 2 heterocycles. The Labute approximate surface area is 208 Å². The molecule has 3 atom stereocenters. The molecule has 0 bridgehead atoms. The highest BCUT2D eigenvalue weighted by Crippen LogP contribution is 2.41. The largest absolute Gasteiger partial charge is 0.390 e. The summed E-state index contributed by atoms with van der Waals surface area (Å²) in [5, 5.41) is 10.9. The number of aliphatic hydroxyl groups is 1. The van der Waals surface area contributed by atoms with Crippen LogP contribution < -0.4 is 11.2 Å². The number of aromatic nitrogens is 2. The highest BCUT2D eigenvalue weighted by atomic mass is 16.6. The summed E-state index contributed by atoms with van der Waals surface area (Å²) in [5.41, 5.74) is 1.26. The maximum atomic E-state index is 12.4. The van der Waals surface area contributed by atoms with Gasteiger partial charge < -0.3 is 14.6 Å². The molecule has 0 aliphatic carbocycles. The van der Waals surface area contributed by atoms with Crippen molar-refractivity contribution in [3.63, 3.8) is 0 Å². The van der Waals surface area contributed by atoms with Gasteiger partial charge in [0, 0.05) is 18.2 Å². The lowest BCUT2D eigenvalue weighted by Crippen LogP contribution is -2.38.